The second kappa shape index (κ2) is 7.95. The van der Waals surface area contributed by atoms with Crippen molar-refractivity contribution in [2.75, 3.05) is 32.2 Å². The van der Waals surface area contributed by atoms with Gasteiger partial charge in [0.25, 0.3) is 0 Å². The average Bonchev–Trinajstić information content (AvgIpc) is 2.31. The zero-order valence-corrected chi connectivity index (χ0v) is 13.2. The molecule has 0 amide bonds. The number of ether oxygens (including phenoxy) is 2. The summed E-state index contributed by atoms with van der Waals surface area (Å²) in [7, 11) is 1.65. The molecule has 0 aliphatic carbocycles. The van der Waals surface area contributed by atoms with E-state index in [0.29, 0.717) is 6.61 Å². The average molecular weight is 367 g/mol. The minimum atomic E-state index is 0.707. The topological polar surface area (TPSA) is 30.5 Å². The molecule has 0 atom stereocenters. The molecule has 1 N–H and O–H groups in total. The number of hydrogen-bond donors (Lipinski definition) is 1. The van der Waals surface area contributed by atoms with Crippen LogP contribution in [0.1, 0.15) is 13.3 Å². The molecule has 0 unspecified atom stereocenters. The third-order valence-electron chi connectivity index (χ3n) is 2.15. The molecule has 0 saturated carbocycles. The highest BCUT2D eigenvalue weighted by Gasteiger charge is 2.06. The van der Waals surface area contributed by atoms with Gasteiger partial charge in [0.05, 0.1) is 23.9 Å². The van der Waals surface area contributed by atoms with Crippen molar-refractivity contribution in [3.8, 4) is 5.75 Å². The van der Waals surface area contributed by atoms with Crippen molar-refractivity contribution >= 4 is 37.5 Å². The van der Waals surface area contributed by atoms with E-state index in [1.165, 1.54) is 0 Å². The number of halogens is 2. The summed E-state index contributed by atoms with van der Waals surface area (Å²) in [5.74, 6) is 0.810. The lowest BCUT2D eigenvalue weighted by Crippen LogP contribution is -2.10. The van der Waals surface area contributed by atoms with Gasteiger partial charge in [0.2, 0.25) is 0 Å². The van der Waals surface area contributed by atoms with Gasteiger partial charge in [0, 0.05) is 23.7 Å². The number of rotatable bonds is 7. The Bertz CT molecular complexity index is 359. The van der Waals surface area contributed by atoms with Gasteiger partial charge in [-0.15, -0.1) is 0 Å². The van der Waals surface area contributed by atoms with E-state index in [0.717, 1.165) is 40.0 Å². The van der Waals surface area contributed by atoms with E-state index in [9.17, 15) is 0 Å². The van der Waals surface area contributed by atoms with Crippen LogP contribution in [0.5, 0.6) is 5.75 Å². The smallest absolute Gasteiger partial charge is 0.135 e. The van der Waals surface area contributed by atoms with Crippen LogP contribution in [0.4, 0.5) is 5.69 Å². The fourth-order valence-electron chi connectivity index (χ4n) is 1.33. The number of benzene rings is 1. The fraction of sp³-hybridized carbons (Fsp3) is 0.500. The molecule has 0 aliphatic heterocycles. The molecule has 1 aromatic rings. The number of nitrogens with one attached hydrogen (secondary N) is 1. The minimum Gasteiger partial charge on any atom is -0.495 e. The van der Waals surface area contributed by atoms with E-state index >= 15 is 0 Å². The SMILES string of the molecule is CCCOCCNc1cc(OC)c(Br)cc1Br. The lowest BCUT2D eigenvalue weighted by atomic mass is 10.3. The van der Waals surface area contributed by atoms with Crippen LogP contribution < -0.4 is 10.1 Å². The highest BCUT2D eigenvalue weighted by molar-refractivity contribution is 9.11. The lowest BCUT2D eigenvalue weighted by Gasteiger charge is -2.12. The predicted molar refractivity (Wildman–Crippen MR) is 78.0 cm³/mol. The van der Waals surface area contributed by atoms with Crippen LogP contribution in [0.3, 0.4) is 0 Å². The zero-order chi connectivity index (χ0) is 12.7. The van der Waals surface area contributed by atoms with Crippen molar-refractivity contribution in [2.24, 2.45) is 0 Å². The van der Waals surface area contributed by atoms with E-state index in [1.54, 1.807) is 7.11 Å². The summed E-state index contributed by atoms with van der Waals surface area (Å²) in [5, 5.41) is 3.30. The molecule has 0 saturated heterocycles. The van der Waals surface area contributed by atoms with Crippen molar-refractivity contribution < 1.29 is 9.47 Å². The first kappa shape index (κ1) is 14.8. The molecular weight excluding hydrogens is 350 g/mol. The Hall–Kier alpha value is -0.260. The van der Waals surface area contributed by atoms with Crippen molar-refractivity contribution in [2.45, 2.75) is 13.3 Å². The first-order valence-electron chi connectivity index (χ1n) is 5.53. The summed E-state index contributed by atoms with van der Waals surface area (Å²) in [6.45, 7) is 4.40. The minimum absolute atomic E-state index is 0.707. The third kappa shape index (κ3) is 4.85. The van der Waals surface area contributed by atoms with Crippen LogP contribution >= 0.6 is 31.9 Å². The van der Waals surface area contributed by atoms with Gasteiger partial charge in [-0.2, -0.15) is 0 Å². The molecule has 3 nitrogen and oxygen atoms in total. The van der Waals surface area contributed by atoms with Gasteiger partial charge in [-0.3, -0.25) is 0 Å². The Morgan fingerprint density at radius 2 is 1.94 bits per heavy atom. The first-order valence-corrected chi connectivity index (χ1v) is 7.12. The highest BCUT2D eigenvalue weighted by Crippen LogP contribution is 2.34. The van der Waals surface area contributed by atoms with Crippen LogP contribution in [0.25, 0.3) is 0 Å². The molecule has 1 rings (SSSR count). The second-order valence-corrected chi connectivity index (χ2v) is 5.21. The fourth-order valence-corrected chi connectivity index (χ4v) is 2.62. The van der Waals surface area contributed by atoms with E-state index < -0.39 is 0 Å². The van der Waals surface area contributed by atoms with Gasteiger partial charge in [-0.25, -0.2) is 0 Å². The summed E-state index contributed by atoms with van der Waals surface area (Å²) in [5.41, 5.74) is 1.00. The number of hydrogen-bond acceptors (Lipinski definition) is 3. The lowest BCUT2D eigenvalue weighted by molar-refractivity contribution is 0.144. The van der Waals surface area contributed by atoms with E-state index in [2.05, 4.69) is 44.1 Å². The monoisotopic (exact) mass is 365 g/mol. The van der Waals surface area contributed by atoms with Gasteiger partial charge in [0.15, 0.2) is 0 Å². The standard InChI is InChI=1S/C12H17Br2NO2/c1-3-5-17-6-4-15-11-8-12(16-2)10(14)7-9(11)13/h7-8,15H,3-6H2,1-2H3. The Kier molecular flexibility index (Phi) is 6.92. The molecular formula is C12H17Br2NO2. The van der Waals surface area contributed by atoms with Crippen LogP contribution in [-0.4, -0.2) is 26.9 Å². The molecule has 17 heavy (non-hydrogen) atoms. The van der Waals surface area contributed by atoms with Crippen molar-refractivity contribution in [1.29, 1.82) is 0 Å². The highest BCUT2D eigenvalue weighted by atomic mass is 79.9. The number of methoxy groups -OCH3 is 1. The third-order valence-corrected chi connectivity index (χ3v) is 3.43. The molecule has 1 aromatic carbocycles. The van der Waals surface area contributed by atoms with Crippen molar-refractivity contribution in [3.63, 3.8) is 0 Å². The van der Waals surface area contributed by atoms with E-state index in [-0.39, 0.29) is 0 Å². The van der Waals surface area contributed by atoms with Crippen molar-refractivity contribution in [1.82, 2.24) is 0 Å². The summed E-state index contributed by atoms with van der Waals surface area (Å²) < 4.78 is 12.6. The summed E-state index contributed by atoms with van der Waals surface area (Å²) in [4.78, 5) is 0. The molecule has 96 valence electrons. The van der Waals surface area contributed by atoms with Crippen LogP contribution in [0.2, 0.25) is 0 Å². The summed E-state index contributed by atoms with van der Waals surface area (Å²) in [6.07, 6.45) is 1.05. The van der Waals surface area contributed by atoms with Crippen molar-refractivity contribution in [3.05, 3.63) is 21.1 Å². The maximum atomic E-state index is 5.41. The molecule has 0 spiro atoms. The van der Waals surface area contributed by atoms with Crippen LogP contribution in [0.15, 0.2) is 21.1 Å². The van der Waals surface area contributed by atoms with Gasteiger partial charge in [-0.05, 0) is 44.3 Å². The molecule has 0 aliphatic rings. The Morgan fingerprint density at radius 3 is 2.59 bits per heavy atom. The summed E-state index contributed by atoms with van der Waals surface area (Å²) >= 11 is 6.94. The maximum Gasteiger partial charge on any atom is 0.135 e. The molecule has 0 aromatic heterocycles. The van der Waals surface area contributed by atoms with Crippen LogP contribution in [-0.2, 0) is 4.74 Å². The van der Waals surface area contributed by atoms with Gasteiger partial charge >= 0.3 is 0 Å². The zero-order valence-electron chi connectivity index (χ0n) is 10.1. The van der Waals surface area contributed by atoms with E-state index in [4.69, 9.17) is 9.47 Å². The second-order valence-electron chi connectivity index (χ2n) is 3.51. The largest absolute Gasteiger partial charge is 0.495 e. The molecule has 0 bridgehead atoms. The number of anilines is 1. The Morgan fingerprint density at radius 1 is 1.18 bits per heavy atom. The van der Waals surface area contributed by atoms with Gasteiger partial charge < -0.3 is 14.8 Å². The molecule has 0 fully saturated rings. The summed E-state index contributed by atoms with van der Waals surface area (Å²) in [6, 6.07) is 3.92. The van der Waals surface area contributed by atoms with Gasteiger partial charge in [0.1, 0.15) is 5.75 Å². The molecule has 5 heteroatoms. The molecule has 0 heterocycles. The first-order chi connectivity index (χ1) is 8.19. The quantitative estimate of drug-likeness (QED) is 0.738. The Balaban J connectivity index is 2.52. The Labute approximate surface area is 119 Å². The van der Waals surface area contributed by atoms with Crippen LogP contribution in [0, 0.1) is 0 Å². The normalized spacial score (nSPS) is 10.4. The van der Waals surface area contributed by atoms with E-state index in [1.807, 2.05) is 12.1 Å². The maximum absolute atomic E-state index is 5.41. The molecule has 0 radical (unpaired) electrons. The predicted octanol–water partition coefficient (Wildman–Crippen LogP) is 4.06. The van der Waals surface area contributed by atoms with Gasteiger partial charge in [-0.1, -0.05) is 6.92 Å².